The van der Waals surface area contributed by atoms with Crippen molar-refractivity contribution in [1.82, 2.24) is 9.69 Å². The van der Waals surface area contributed by atoms with Crippen LogP contribution in [0.5, 0.6) is 0 Å². The van der Waals surface area contributed by atoms with E-state index in [9.17, 15) is 4.79 Å². The van der Waals surface area contributed by atoms with Crippen LogP contribution < -0.4 is 5.32 Å². The highest BCUT2D eigenvalue weighted by atomic mass is 32.1. The molecule has 1 aliphatic carbocycles. The van der Waals surface area contributed by atoms with Crippen molar-refractivity contribution in [2.24, 2.45) is 0 Å². The standard InChI is InChI=1S/C8H10N2OS/c1-5-7(4-12-10-5)8(11)9-6-2-3-6/h4,6H,2-3H2,1H3,(H,9,11). The lowest BCUT2D eigenvalue weighted by molar-refractivity contribution is 0.0950. The first kappa shape index (κ1) is 7.73. The maximum absolute atomic E-state index is 11.4. The van der Waals surface area contributed by atoms with Gasteiger partial charge in [-0.2, -0.15) is 4.37 Å². The Morgan fingerprint density at radius 3 is 3.00 bits per heavy atom. The van der Waals surface area contributed by atoms with Crippen molar-refractivity contribution in [3.05, 3.63) is 16.6 Å². The molecule has 2 rings (SSSR count). The molecule has 1 amide bonds. The van der Waals surface area contributed by atoms with Crippen LogP contribution >= 0.6 is 11.5 Å². The Kier molecular flexibility index (Phi) is 1.84. The molecule has 0 bridgehead atoms. The Bertz CT molecular complexity index is 304. The van der Waals surface area contributed by atoms with Gasteiger partial charge in [0.2, 0.25) is 0 Å². The first-order chi connectivity index (χ1) is 5.77. The van der Waals surface area contributed by atoms with Crippen LogP contribution in [0.1, 0.15) is 28.9 Å². The summed E-state index contributed by atoms with van der Waals surface area (Å²) in [6.45, 7) is 1.86. The van der Waals surface area contributed by atoms with Crippen molar-refractivity contribution in [2.75, 3.05) is 0 Å². The van der Waals surface area contributed by atoms with E-state index in [1.165, 1.54) is 11.5 Å². The van der Waals surface area contributed by atoms with Crippen LogP contribution in [0, 0.1) is 6.92 Å². The summed E-state index contributed by atoms with van der Waals surface area (Å²) in [7, 11) is 0. The lowest BCUT2D eigenvalue weighted by atomic mass is 10.2. The largest absolute Gasteiger partial charge is 0.349 e. The molecule has 64 valence electrons. The third kappa shape index (κ3) is 1.48. The topological polar surface area (TPSA) is 42.0 Å². The Balaban J connectivity index is 2.07. The van der Waals surface area contributed by atoms with Crippen LogP contribution in [-0.4, -0.2) is 16.3 Å². The fraction of sp³-hybridized carbons (Fsp3) is 0.500. The van der Waals surface area contributed by atoms with Crippen molar-refractivity contribution in [1.29, 1.82) is 0 Å². The van der Waals surface area contributed by atoms with Crippen molar-refractivity contribution < 1.29 is 4.79 Å². The van der Waals surface area contributed by atoms with E-state index in [0.29, 0.717) is 6.04 Å². The number of hydrogen-bond acceptors (Lipinski definition) is 3. The summed E-state index contributed by atoms with van der Waals surface area (Å²) >= 11 is 1.33. The number of amides is 1. The molecule has 0 aliphatic heterocycles. The van der Waals surface area contributed by atoms with E-state index in [0.717, 1.165) is 24.1 Å². The van der Waals surface area contributed by atoms with E-state index in [1.54, 1.807) is 5.38 Å². The minimum atomic E-state index is 0.0313. The molecular formula is C8H10N2OS. The van der Waals surface area contributed by atoms with Gasteiger partial charge in [-0.3, -0.25) is 4.79 Å². The van der Waals surface area contributed by atoms with E-state index in [1.807, 2.05) is 6.92 Å². The van der Waals surface area contributed by atoms with Crippen LogP contribution in [0.15, 0.2) is 5.38 Å². The molecule has 3 nitrogen and oxygen atoms in total. The Labute approximate surface area is 75.0 Å². The second kappa shape index (κ2) is 2.86. The summed E-state index contributed by atoms with van der Waals surface area (Å²) in [6.07, 6.45) is 2.25. The van der Waals surface area contributed by atoms with Gasteiger partial charge in [-0.1, -0.05) is 0 Å². The van der Waals surface area contributed by atoms with Crippen molar-refractivity contribution in [2.45, 2.75) is 25.8 Å². The third-order valence-electron chi connectivity index (χ3n) is 1.91. The average molecular weight is 182 g/mol. The second-order valence-electron chi connectivity index (χ2n) is 3.06. The third-order valence-corrected chi connectivity index (χ3v) is 2.63. The van der Waals surface area contributed by atoms with Gasteiger partial charge in [-0.25, -0.2) is 0 Å². The number of nitrogens with one attached hydrogen (secondary N) is 1. The van der Waals surface area contributed by atoms with Gasteiger partial charge in [-0.15, -0.1) is 0 Å². The van der Waals surface area contributed by atoms with Crippen LogP contribution in [0.2, 0.25) is 0 Å². The van der Waals surface area contributed by atoms with Crippen molar-refractivity contribution in [3.63, 3.8) is 0 Å². The normalized spacial score (nSPS) is 16.1. The number of aryl methyl sites for hydroxylation is 1. The number of nitrogens with zero attached hydrogens (tertiary/aromatic N) is 1. The first-order valence-corrected chi connectivity index (χ1v) is 4.83. The highest BCUT2D eigenvalue weighted by molar-refractivity contribution is 7.03. The molecule has 1 aliphatic rings. The van der Waals surface area contributed by atoms with Gasteiger partial charge in [0.25, 0.3) is 5.91 Å². The van der Waals surface area contributed by atoms with E-state index in [4.69, 9.17) is 0 Å². The monoisotopic (exact) mass is 182 g/mol. The lowest BCUT2D eigenvalue weighted by Gasteiger charge is -1.99. The molecule has 0 atom stereocenters. The number of aromatic nitrogens is 1. The van der Waals surface area contributed by atoms with E-state index >= 15 is 0 Å². The summed E-state index contributed by atoms with van der Waals surface area (Å²) in [5.74, 6) is 0.0313. The van der Waals surface area contributed by atoms with Gasteiger partial charge in [-0.05, 0) is 31.3 Å². The second-order valence-corrected chi connectivity index (χ2v) is 3.69. The SMILES string of the molecule is Cc1nscc1C(=O)NC1CC1. The number of hydrogen-bond donors (Lipinski definition) is 1. The predicted octanol–water partition coefficient (Wildman–Crippen LogP) is 1.34. The maximum atomic E-state index is 11.4. The number of rotatable bonds is 2. The quantitative estimate of drug-likeness (QED) is 0.750. The summed E-state index contributed by atoms with van der Waals surface area (Å²) in [6, 6.07) is 0.428. The van der Waals surface area contributed by atoms with Crippen molar-refractivity contribution >= 4 is 17.4 Å². The fourth-order valence-electron chi connectivity index (χ4n) is 1.00. The average Bonchev–Trinajstić information content (AvgIpc) is 2.72. The molecule has 1 aromatic rings. The van der Waals surface area contributed by atoms with Crippen LogP contribution in [0.3, 0.4) is 0 Å². The summed E-state index contributed by atoms with van der Waals surface area (Å²) < 4.78 is 4.05. The molecule has 0 spiro atoms. The zero-order valence-electron chi connectivity index (χ0n) is 6.83. The van der Waals surface area contributed by atoms with Gasteiger partial charge in [0, 0.05) is 11.4 Å². The van der Waals surface area contributed by atoms with Gasteiger partial charge in [0.1, 0.15) is 0 Å². The minimum absolute atomic E-state index is 0.0313. The first-order valence-electron chi connectivity index (χ1n) is 3.99. The molecule has 1 fully saturated rings. The zero-order chi connectivity index (χ0) is 8.55. The van der Waals surface area contributed by atoms with Gasteiger partial charge in [0.05, 0.1) is 11.3 Å². The van der Waals surface area contributed by atoms with E-state index < -0.39 is 0 Å². The lowest BCUT2D eigenvalue weighted by Crippen LogP contribution is -2.25. The molecule has 0 saturated heterocycles. The number of carbonyl (C=O) groups excluding carboxylic acids is 1. The molecular weight excluding hydrogens is 172 g/mol. The molecule has 1 saturated carbocycles. The van der Waals surface area contributed by atoms with Gasteiger partial charge < -0.3 is 5.32 Å². The van der Waals surface area contributed by atoms with Crippen LogP contribution in [-0.2, 0) is 0 Å². The van der Waals surface area contributed by atoms with Crippen LogP contribution in [0.25, 0.3) is 0 Å². The number of carbonyl (C=O) groups is 1. The minimum Gasteiger partial charge on any atom is -0.349 e. The molecule has 1 heterocycles. The molecule has 1 aromatic heterocycles. The Morgan fingerprint density at radius 2 is 2.50 bits per heavy atom. The smallest absolute Gasteiger partial charge is 0.254 e. The summed E-state index contributed by atoms with van der Waals surface area (Å²) in [5, 5.41) is 4.72. The zero-order valence-corrected chi connectivity index (χ0v) is 7.65. The Hall–Kier alpha value is -0.900. The highest BCUT2D eigenvalue weighted by Crippen LogP contribution is 2.20. The molecule has 0 aromatic carbocycles. The predicted molar refractivity (Wildman–Crippen MR) is 47.3 cm³/mol. The summed E-state index contributed by atoms with van der Waals surface area (Å²) in [5.41, 5.74) is 1.56. The molecule has 1 N–H and O–H groups in total. The Morgan fingerprint density at radius 1 is 1.75 bits per heavy atom. The molecule has 0 unspecified atom stereocenters. The van der Waals surface area contributed by atoms with Crippen LogP contribution in [0.4, 0.5) is 0 Å². The molecule has 12 heavy (non-hydrogen) atoms. The van der Waals surface area contributed by atoms with Gasteiger partial charge in [0.15, 0.2) is 0 Å². The fourth-order valence-corrected chi connectivity index (χ4v) is 1.69. The van der Waals surface area contributed by atoms with E-state index in [-0.39, 0.29) is 5.91 Å². The maximum Gasteiger partial charge on any atom is 0.254 e. The highest BCUT2D eigenvalue weighted by Gasteiger charge is 2.24. The van der Waals surface area contributed by atoms with Crippen molar-refractivity contribution in [3.8, 4) is 0 Å². The van der Waals surface area contributed by atoms with E-state index in [2.05, 4.69) is 9.69 Å². The summed E-state index contributed by atoms with van der Waals surface area (Å²) in [4.78, 5) is 11.4. The molecule has 0 radical (unpaired) electrons. The van der Waals surface area contributed by atoms with Gasteiger partial charge >= 0.3 is 0 Å². The molecule has 4 heteroatoms.